The van der Waals surface area contributed by atoms with E-state index in [1.165, 1.54) is 0 Å². The van der Waals surface area contributed by atoms with Gasteiger partial charge in [-0.25, -0.2) is 0 Å². The van der Waals surface area contributed by atoms with Gasteiger partial charge in [0.1, 0.15) is 5.84 Å². The van der Waals surface area contributed by atoms with Gasteiger partial charge in [-0.2, -0.15) is 5.10 Å². The number of alkyl halides is 1. The summed E-state index contributed by atoms with van der Waals surface area (Å²) >= 11 is 0. The normalized spacial score (nSPS) is 11.6. The molecule has 0 N–H and O–H groups in total. The molecule has 3 nitrogen and oxygen atoms in total. The van der Waals surface area contributed by atoms with Crippen LogP contribution in [0.2, 0.25) is 0 Å². The van der Waals surface area contributed by atoms with Crippen LogP contribution in [-0.2, 0) is 0 Å². The van der Waals surface area contributed by atoms with Crippen molar-refractivity contribution in [1.29, 1.82) is 0 Å². The molecular formula is C12H22FN3. The molecule has 0 amide bonds. The number of nitrogens with zero attached hydrogens (tertiary/aromatic N) is 3. The average Bonchev–Trinajstić information content (AvgIpc) is 2.24. The van der Waals surface area contributed by atoms with Crippen molar-refractivity contribution in [3.05, 3.63) is 12.7 Å². The van der Waals surface area contributed by atoms with Crippen LogP contribution >= 0.6 is 0 Å². The number of rotatable bonds is 8. The average molecular weight is 227 g/mol. The van der Waals surface area contributed by atoms with Crippen molar-refractivity contribution in [1.82, 2.24) is 4.90 Å². The summed E-state index contributed by atoms with van der Waals surface area (Å²) in [6.45, 7) is 11.5. The lowest BCUT2D eigenvalue weighted by atomic mass is 10.2. The van der Waals surface area contributed by atoms with Crippen LogP contribution in [0, 0.1) is 0 Å². The topological polar surface area (TPSA) is 28.0 Å². The van der Waals surface area contributed by atoms with E-state index in [0.29, 0.717) is 12.3 Å². The highest BCUT2D eigenvalue weighted by Crippen LogP contribution is 2.07. The molecule has 92 valence electrons. The summed E-state index contributed by atoms with van der Waals surface area (Å²) < 4.78 is 12.4. The molecule has 0 aromatic heterocycles. The molecule has 16 heavy (non-hydrogen) atoms. The molecule has 0 saturated carbocycles. The highest BCUT2D eigenvalue weighted by molar-refractivity contribution is 5.82. The monoisotopic (exact) mass is 227 g/mol. The van der Waals surface area contributed by atoms with Crippen molar-refractivity contribution in [2.24, 2.45) is 10.2 Å². The van der Waals surface area contributed by atoms with Gasteiger partial charge in [0.25, 0.3) is 0 Å². The first-order valence-electron chi connectivity index (χ1n) is 5.63. The fraction of sp³-hybridized carbons (Fsp3) is 0.667. The largest absolute Gasteiger partial charge is 0.356 e. The van der Waals surface area contributed by atoms with E-state index in [0.717, 1.165) is 19.4 Å². The summed E-state index contributed by atoms with van der Waals surface area (Å²) in [5.41, 5.74) is 0. The number of unbranched alkanes of at least 4 members (excludes halogenated alkanes) is 1. The van der Waals surface area contributed by atoms with Crippen LogP contribution in [0.5, 0.6) is 0 Å². The molecule has 0 aliphatic rings. The van der Waals surface area contributed by atoms with Gasteiger partial charge in [-0.15, -0.1) is 11.7 Å². The molecule has 0 rings (SSSR count). The van der Waals surface area contributed by atoms with Gasteiger partial charge in [-0.05, 0) is 26.7 Å². The van der Waals surface area contributed by atoms with E-state index in [4.69, 9.17) is 0 Å². The zero-order valence-electron chi connectivity index (χ0n) is 10.3. The highest BCUT2D eigenvalue weighted by atomic mass is 19.1. The first kappa shape index (κ1) is 14.8. The molecule has 4 heteroatoms. The third kappa shape index (κ3) is 5.63. The highest BCUT2D eigenvalue weighted by Gasteiger charge is 2.14. The summed E-state index contributed by atoms with van der Waals surface area (Å²) in [4.78, 5) is 2.07. The van der Waals surface area contributed by atoms with E-state index in [1.54, 1.807) is 0 Å². The van der Waals surface area contributed by atoms with Gasteiger partial charge >= 0.3 is 0 Å². The van der Waals surface area contributed by atoms with Crippen molar-refractivity contribution in [2.75, 3.05) is 13.2 Å². The molecule has 0 unspecified atom stereocenters. The predicted octanol–water partition coefficient (Wildman–Crippen LogP) is 3.04. The molecule has 0 saturated heterocycles. The lowest BCUT2D eigenvalue weighted by molar-refractivity contribution is 0.332. The molecule has 0 aliphatic carbocycles. The fourth-order valence-corrected chi connectivity index (χ4v) is 1.51. The minimum absolute atomic E-state index is 0.289. The first-order valence-corrected chi connectivity index (χ1v) is 5.63. The third-order valence-electron chi connectivity index (χ3n) is 2.27. The van der Waals surface area contributed by atoms with E-state index in [-0.39, 0.29) is 6.04 Å². The van der Waals surface area contributed by atoms with Crippen LogP contribution in [0.15, 0.2) is 22.9 Å². The Morgan fingerprint density at radius 1 is 1.50 bits per heavy atom. The molecular weight excluding hydrogens is 205 g/mol. The fourth-order valence-electron chi connectivity index (χ4n) is 1.51. The van der Waals surface area contributed by atoms with Gasteiger partial charge in [0.05, 0.1) is 6.67 Å². The molecule has 0 aromatic carbocycles. The van der Waals surface area contributed by atoms with Gasteiger partial charge in [0.2, 0.25) is 0 Å². The lowest BCUT2D eigenvalue weighted by Gasteiger charge is -2.29. The maximum Gasteiger partial charge on any atom is 0.130 e. The summed E-state index contributed by atoms with van der Waals surface area (Å²) in [6, 6.07) is 0.289. The van der Waals surface area contributed by atoms with Gasteiger partial charge < -0.3 is 4.90 Å². The maximum absolute atomic E-state index is 12.4. The van der Waals surface area contributed by atoms with Crippen LogP contribution in [0.4, 0.5) is 4.39 Å². The van der Waals surface area contributed by atoms with Crippen LogP contribution in [0.3, 0.4) is 0 Å². The Labute approximate surface area is 97.8 Å². The lowest BCUT2D eigenvalue weighted by Crippen LogP contribution is -2.38. The quantitative estimate of drug-likeness (QED) is 0.206. The zero-order valence-corrected chi connectivity index (χ0v) is 10.3. The van der Waals surface area contributed by atoms with Crippen molar-refractivity contribution >= 4 is 12.6 Å². The molecule has 0 atom stereocenters. The minimum atomic E-state index is -0.418. The van der Waals surface area contributed by atoms with E-state index in [2.05, 4.69) is 42.2 Å². The summed E-state index contributed by atoms with van der Waals surface area (Å²) in [5.74, 6) is 0.677. The number of allylic oxidation sites excluding steroid dienone is 1. The molecule has 0 bridgehead atoms. The number of halogens is 1. The van der Waals surface area contributed by atoms with Gasteiger partial charge in [-0.1, -0.05) is 6.08 Å². The summed E-state index contributed by atoms with van der Waals surface area (Å²) in [7, 11) is 0. The Hall–Kier alpha value is -1.19. The summed E-state index contributed by atoms with van der Waals surface area (Å²) in [5, 5.41) is 7.40. The second kappa shape index (κ2) is 9.07. The van der Waals surface area contributed by atoms with Gasteiger partial charge in [0.15, 0.2) is 0 Å². The van der Waals surface area contributed by atoms with E-state index in [9.17, 15) is 4.39 Å². The second-order valence-electron chi connectivity index (χ2n) is 3.81. The number of amidine groups is 1. The minimum Gasteiger partial charge on any atom is -0.356 e. The molecule has 0 aliphatic heterocycles. The van der Waals surface area contributed by atoms with Crippen molar-refractivity contribution in [3.63, 3.8) is 0 Å². The summed E-state index contributed by atoms with van der Waals surface area (Å²) in [6.07, 6.45) is 4.12. The van der Waals surface area contributed by atoms with Gasteiger partial charge in [0, 0.05) is 25.7 Å². The Kier molecular flexibility index (Phi) is 8.39. The van der Waals surface area contributed by atoms with Crippen LogP contribution in [0.25, 0.3) is 0 Å². The van der Waals surface area contributed by atoms with Crippen molar-refractivity contribution < 1.29 is 4.39 Å². The first-order chi connectivity index (χ1) is 7.67. The van der Waals surface area contributed by atoms with Crippen LogP contribution in [-0.4, -0.2) is 36.7 Å². The third-order valence-corrected chi connectivity index (χ3v) is 2.27. The van der Waals surface area contributed by atoms with E-state index >= 15 is 0 Å². The van der Waals surface area contributed by atoms with E-state index < -0.39 is 6.67 Å². The maximum atomic E-state index is 12.4. The van der Waals surface area contributed by atoms with E-state index in [1.807, 2.05) is 6.08 Å². The molecule has 0 radical (unpaired) electrons. The standard InChI is InChI=1S/C12H22FN3/c1-5-6-7-10-16(11(2)3)12(8-9-13)15-14-4/h5,11H,1,4,6-10H2,2-3H3/b15-12-. The Morgan fingerprint density at radius 3 is 2.62 bits per heavy atom. The Balaban J connectivity index is 4.50. The number of hydrogen-bond donors (Lipinski definition) is 0. The molecule has 0 heterocycles. The Bertz CT molecular complexity index is 236. The predicted molar refractivity (Wildman–Crippen MR) is 68.8 cm³/mol. The SMILES string of the molecule is C=CCCCN(/C(CCF)=N\N=C)C(C)C. The van der Waals surface area contributed by atoms with Crippen LogP contribution in [0.1, 0.15) is 33.1 Å². The molecule has 0 fully saturated rings. The van der Waals surface area contributed by atoms with Gasteiger partial charge in [-0.3, -0.25) is 4.39 Å². The number of hydrogen-bond acceptors (Lipinski definition) is 2. The zero-order chi connectivity index (χ0) is 12.4. The smallest absolute Gasteiger partial charge is 0.130 e. The second-order valence-corrected chi connectivity index (χ2v) is 3.81. The van der Waals surface area contributed by atoms with Crippen molar-refractivity contribution in [2.45, 2.75) is 39.2 Å². The van der Waals surface area contributed by atoms with Crippen molar-refractivity contribution in [3.8, 4) is 0 Å². The molecule has 0 spiro atoms. The van der Waals surface area contributed by atoms with Crippen LogP contribution < -0.4 is 0 Å². The molecule has 0 aromatic rings. The Morgan fingerprint density at radius 2 is 2.19 bits per heavy atom.